The second kappa shape index (κ2) is 7.05. The zero-order valence-electron chi connectivity index (χ0n) is 10.5. The fraction of sp³-hybridized carbons (Fsp3) is 0.467. The number of hydrogen-bond donors (Lipinski definition) is 1. The molecule has 1 nitrogen and oxygen atoms in total. The molecule has 1 aromatic rings. The van der Waals surface area contributed by atoms with Crippen LogP contribution < -0.4 is 5.32 Å². The van der Waals surface area contributed by atoms with Gasteiger partial charge in [0.15, 0.2) is 0 Å². The molecule has 0 saturated carbocycles. The van der Waals surface area contributed by atoms with Crippen molar-refractivity contribution in [1.29, 1.82) is 0 Å². The van der Waals surface area contributed by atoms with Gasteiger partial charge in [-0.05, 0) is 53.0 Å². The molecule has 1 atom stereocenters. The van der Waals surface area contributed by atoms with Crippen LogP contribution in [0.2, 0.25) is 0 Å². The Bertz CT molecular complexity index is 409. The predicted molar refractivity (Wildman–Crippen MR) is 78.0 cm³/mol. The van der Waals surface area contributed by atoms with Gasteiger partial charge in [-0.1, -0.05) is 37.5 Å². The van der Waals surface area contributed by atoms with Gasteiger partial charge in [-0.2, -0.15) is 0 Å². The number of nitrogens with one attached hydrogen (secondary N) is 1. The molecule has 0 amide bonds. The summed E-state index contributed by atoms with van der Waals surface area (Å²) in [6.45, 7) is 1.10. The second-order valence-electron chi connectivity index (χ2n) is 4.80. The molecule has 1 aliphatic heterocycles. The van der Waals surface area contributed by atoms with Crippen molar-refractivity contribution in [2.24, 2.45) is 0 Å². The highest BCUT2D eigenvalue weighted by Gasteiger charge is 2.06. The van der Waals surface area contributed by atoms with Crippen LogP contribution in [0.1, 0.15) is 37.7 Å². The largest absolute Gasteiger partial charge is 0.311 e. The fourth-order valence-electron chi connectivity index (χ4n) is 2.24. The number of hydrogen-bond acceptors (Lipinski definition) is 1. The van der Waals surface area contributed by atoms with Gasteiger partial charge in [-0.3, -0.25) is 0 Å². The van der Waals surface area contributed by atoms with Crippen LogP contribution in [-0.4, -0.2) is 12.6 Å². The Morgan fingerprint density at radius 1 is 1.22 bits per heavy atom. The monoisotopic (exact) mass is 311 g/mol. The summed E-state index contributed by atoms with van der Waals surface area (Å²) in [5.74, 6) is -0.212. The van der Waals surface area contributed by atoms with Crippen molar-refractivity contribution >= 4 is 22.0 Å². The Kier molecular flexibility index (Phi) is 5.39. The lowest BCUT2D eigenvalue weighted by Crippen LogP contribution is -2.29. The summed E-state index contributed by atoms with van der Waals surface area (Å²) in [6, 6.07) is 5.57. The first-order chi connectivity index (χ1) is 8.75. The molecule has 0 radical (unpaired) electrons. The highest BCUT2D eigenvalue weighted by molar-refractivity contribution is 9.10. The van der Waals surface area contributed by atoms with E-state index in [0.717, 1.165) is 12.1 Å². The fourth-order valence-corrected chi connectivity index (χ4v) is 2.64. The third-order valence-corrected chi connectivity index (χ3v) is 3.92. The van der Waals surface area contributed by atoms with Gasteiger partial charge in [0.05, 0.1) is 4.47 Å². The number of halogens is 2. The van der Waals surface area contributed by atoms with Gasteiger partial charge >= 0.3 is 0 Å². The quantitative estimate of drug-likeness (QED) is 0.846. The van der Waals surface area contributed by atoms with Gasteiger partial charge in [0, 0.05) is 6.04 Å². The molecule has 0 aromatic heterocycles. The van der Waals surface area contributed by atoms with E-state index in [1.165, 1.54) is 38.2 Å². The van der Waals surface area contributed by atoms with Crippen LogP contribution in [0.3, 0.4) is 0 Å². The van der Waals surface area contributed by atoms with E-state index in [9.17, 15) is 4.39 Å². The molecule has 1 aliphatic rings. The Morgan fingerprint density at radius 3 is 2.89 bits per heavy atom. The second-order valence-corrected chi connectivity index (χ2v) is 5.65. The van der Waals surface area contributed by atoms with Crippen molar-refractivity contribution < 1.29 is 4.39 Å². The summed E-state index contributed by atoms with van der Waals surface area (Å²) in [5, 5.41) is 3.55. The summed E-state index contributed by atoms with van der Waals surface area (Å²) in [7, 11) is 0. The highest BCUT2D eigenvalue weighted by Crippen LogP contribution is 2.18. The van der Waals surface area contributed by atoms with E-state index in [0.29, 0.717) is 10.5 Å². The maximum absolute atomic E-state index is 13.1. The molecule has 98 valence electrons. The van der Waals surface area contributed by atoms with Gasteiger partial charge in [0.25, 0.3) is 0 Å². The Hall–Kier alpha value is -0.670. The first-order valence-corrected chi connectivity index (χ1v) is 7.41. The molecule has 0 spiro atoms. The lowest BCUT2D eigenvalue weighted by Gasteiger charge is -2.18. The smallest absolute Gasteiger partial charge is 0.137 e. The Labute approximate surface area is 117 Å². The zero-order valence-corrected chi connectivity index (χ0v) is 12.0. The highest BCUT2D eigenvalue weighted by atomic mass is 79.9. The van der Waals surface area contributed by atoms with Gasteiger partial charge in [-0.25, -0.2) is 4.39 Å². The predicted octanol–water partition coefficient (Wildman–Crippen LogP) is 4.52. The third-order valence-electron chi connectivity index (χ3n) is 3.31. The standard InChI is InChI=1S/C15H19BrFN/c16-14-11-12(7-9-15(14)17)6-8-13-5-3-1-2-4-10-18-13/h6-9,11,13,18H,1-5,10H2/b8-6+. The van der Waals surface area contributed by atoms with Crippen molar-refractivity contribution in [2.75, 3.05) is 6.54 Å². The molecular weight excluding hydrogens is 293 g/mol. The molecule has 1 unspecified atom stereocenters. The van der Waals surface area contributed by atoms with Crippen LogP contribution >= 0.6 is 15.9 Å². The number of benzene rings is 1. The van der Waals surface area contributed by atoms with Crippen LogP contribution in [-0.2, 0) is 0 Å². The molecule has 0 aliphatic carbocycles. The zero-order chi connectivity index (χ0) is 12.8. The Morgan fingerprint density at radius 2 is 2.06 bits per heavy atom. The Balaban J connectivity index is 1.97. The van der Waals surface area contributed by atoms with Gasteiger partial charge in [0.1, 0.15) is 5.82 Å². The topological polar surface area (TPSA) is 12.0 Å². The molecule has 1 fully saturated rings. The molecule has 1 heterocycles. The van der Waals surface area contributed by atoms with E-state index in [1.54, 1.807) is 6.07 Å². The van der Waals surface area contributed by atoms with Gasteiger partial charge in [-0.15, -0.1) is 0 Å². The van der Waals surface area contributed by atoms with Crippen LogP contribution in [0.15, 0.2) is 28.7 Å². The lowest BCUT2D eigenvalue weighted by molar-refractivity contribution is 0.465. The van der Waals surface area contributed by atoms with E-state index in [4.69, 9.17) is 0 Å². The molecule has 1 aromatic carbocycles. The van der Waals surface area contributed by atoms with E-state index < -0.39 is 0 Å². The first kappa shape index (κ1) is 13.8. The molecule has 3 heteroatoms. The minimum absolute atomic E-state index is 0.212. The van der Waals surface area contributed by atoms with Crippen molar-refractivity contribution in [3.05, 3.63) is 40.1 Å². The summed E-state index contributed by atoms with van der Waals surface area (Å²) in [4.78, 5) is 0. The molecule has 1 N–H and O–H groups in total. The molecule has 0 bridgehead atoms. The van der Waals surface area contributed by atoms with Crippen LogP contribution in [0.25, 0.3) is 6.08 Å². The average Bonchev–Trinajstić information content (AvgIpc) is 2.32. The van der Waals surface area contributed by atoms with Crippen molar-refractivity contribution in [3.63, 3.8) is 0 Å². The van der Waals surface area contributed by atoms with Crippen LogP contribution in [0.5, 0.6) is 0 Å². The SMILES string of the molecule is Fc1ccc(/C=C/C2CCCCCCN2)cc1Br. The van der Waals surface area contributed by atoms with Crippen molar-refractivity contribution in [2.45, 2.75) is 38.1 Å². The van der Waals surface area contributed by atoms with Gasteiger partial charge < -0.3 is 5.32 Å². The summed E-state index contributed by atoms with van der Waals surface area (Å²) in [5.41, 5.74) is 1.03. The average molecular weight is 312 g/mol. The first-order valence-electron chi connectivity index (χ1n) is 6.62. The van der Waals surface area contributed by atoms with Crippen LogP contribution in [0.4, 0.5) is 4.39 Å². The normalized spacial score (nSPS) is 21.8. The van der Waals surface area contributed by atoms with Crippen LogP contribution in [0, 0.1) is 5.82 Å². The maximum Gasteiger partial charge on any atom is 0.137 e. The maximum atomic E-state index is 13.1. The molecule has 18 heavy (non-hydrogen) atoms. The van der Waals surface area contributed by atoms with E-state index in [1.807, 2.05) is 6.07 Å². The summed E-state index contributed by atoms with van der Waals surface area (Å²) < 4.78 is 13.6. The number of rotatable bonds is 2. The van der Waals surface area contributed by atoms with E-state index >= 15 is 0 Å². The van der Waals surface area contributed by atoms with Crippen molar-refractivity contribution in [1.82, 2.24) is 5.32 Å². The molecular formula is C15H19BrFN. The summed E-state index contributed by atoms with van der Waals surface area (Å²) in [6.07, 6.45) is 10.7. The summed E-state index contributed by atoms with van der Waals surface area (Å²) >= 11 is 3.21. The molecule has 2 rings (SSSR count). The van der Waals surface area contributed by atoms with E-state index in [-0.39, 0.29) is 5.82 Å². The minimum atomic E-state index is -0.212. The van der Waals surface area contributed by atoms with Gasteiger partial charge in [0.2, 0.25) is 0 Å². The lowest BCUT2D eigenvalue weighted by atomic mass is 10.0. The molecule has 1 saturated heterocycles. The third kappa shape index (κ3) is 4.21. The minimum Gasteiger partial charge on any atom is -0.311 e. The van der Waals surface area contributed by atoms with E-state index in [2.05, 4.69) is 33.4 Å². The van der Waals surface area contributed by atoms with Crippen molar-refractivity contribution in [3.8, 4) is 0 Å².